The molecule has 0 radical (unpaired) electrons. The summed E-state index contributed by atoms with van der Waals surface area (Å²) in [4.78, 5) is 15.6. The summed E-state index contributed by atoms with van der Waals surface area (Å²) in [6.07, 6.45) is 5.27. The maximum absolute atomic E-state index is 12.4. The topological polar surface area (TPSA) is 38.8 Å². The lowest BCUT2D eigenvalue weighted by atomic mass is 9.98. The highest BCUT2D eigenvalue weighted by molar-refractivity contribution is 7.10. The maximum Gasteiger partial charge on any atom is 0.410 e. The monoisotopic (exact) mass is 353 g/mol. The summed E-state index contributed by atoms with van der Waals surface area (Å²) in [5.74, 6) is 0. The Kier molecular flexibility index (Phi) is 7.11. The van der Waals surface area contributed by atoms with Gasteiger partial charge < -0.3 is 14.4 Å². The van der Waals surface area contributed by atoms with E-state index in [9.17, 15) is 4.79 Å². The third-order valence-corrected chi connectivity index (χ3v) is 5.28. The molecule has 0 bridgehead atoms. The molecule has 2 atom stereocenters. The number of carbonyl (C=O) groups is 1. The molecule has 1 aromatic heterocycles. The third kappa shape index (κ3) is 6.10. The fraction of sp³-hybridized carbons (Fsp3) is 0.737. The van der Waals surface area contributed by atoms with Gasteiger partial charge in [0.25, 0.3) is 0 Å². The molecule has 1 aromatic rings. The van der Waals surface area contributed by atoms with Crippen LogP contribution in [0.5, 0.6) is 0 Å². The number of thiophene rings is 1. The van der Waals surface area contributed by atoms with Crippen LogP contribution < -0.4 is 0 Å². The Morgan fingerprint density at radius 2 is 2.21 bits per heavy atom. The molecule has 24 heavy (non-hydrogen) atoms. The lowest BCUT2D eigenvalue weighted by Crippen LogP contribution is -2.46. The molecule has 1 fully saturated rings. The van der Waals surface area contributed by atoms with Crippen LogP contribution in [-0.4, -0.2) is 35.8 Å². The van der Waals surface area contributed by atoms with Crippen LogP contribution >= 0.6 is 11.3 Å². The normalized spacial score (nSPS) is 20.0. The van der Waals surface area contributed by atoms with Crippen LogP contribution in [0, 0.1) is 0 Å². The number of nitrogens with zero attached hydrogens (tertiary/aromatic N) is 1. The average Bonchev–Trinajstić information content (AvgIpc) is 3.04. The van der Waals surface area contributed by atoms with Crippen LogP contribution in [0.1, 0.15) is 70.8 Å². The SMILES string of the molecule is CC(OCCCC1CCCCN1C(=O)OC(C)(C)C)c1cccs1. The van der Waals surface area contributed by atoms with Crippen molar-refractivity contribution in [2.24, 2.45) is 0 Å². The van der Waals surface area contributed by atoms with E-state index in [0.29, 0.717) is 0 Å². The highest BCUT2D eigenvalue weighted by atomic mass is 32.1. The zero-order valence-corrected chi connectivity index (χ0v) is 16.2. The van der Waals surface area contributed by atoms with Crippen LogP contribution in [0.2, 0.25) is 0 Å². The van der Waals surface area contributed by atoms with Crippen molar-refractivity contribution in [1.82, 2.24) is 4.90 Å². The second-order valence-corrected chi connectivity index (χ2v) is 8.47. The first-order valence-corrected chi connectivity index (χ1v) is 9.89. The second kappa shape index (κ2) is 8.86. The minimum atomic E-state index is -0.432. The van der Waals surface area contributed by atoms with E-state index < -0.39 is 5.60 Å². The molecule has 2 heterocycles. The van der Waals surface area contributed by atoms with E-state index in [0.717, 1.165) is 38.8 Å². The van der Waals surface area contributed by atoms with E-state index in [2.05, 4.69) is 24.4 Å². The maximum atomic E-state index is 12.4. The van der Waals surface area contributed by atoms with Crippen LogP contribution in [0.25, 0.3) is 0 Å². The molecular formula is C19H31NO3S. The van der Waals surface area contributed by atoms with Gasteiger partial charge in [0.1, 0.15) is 5.60 Å². The van der Waals surface area contributed by atoms with Gasteiger partial charge in [0, 0.05) is 24.1 Å². The number of hydrogen-bond donors (Lipinski definition) is 0. The fourth-order valence-electron chi connectivity index (χ4n) is 3.05. The van der Waals surface area contributed by atoms with E-state index in [-0.39, 0.29) is 18.2 Å². The van der Waals surface area contributed by atoms with E-state index in [1.807, 2.05) is 25.7 Å². The van der Waals surface area contributed by atoms with Gasteiger partial charge in [-0.3, -0.25) is 0 Å². The molecule has 0 aromatic carbocycles. The molecule has 0 saturated carbocycles. The van der Waals surface area contributed by atoms with Crippen molar-refractivity contribution in [2.75, 3.05) is 13.2 Å². The van der Waals surface area contributed by atoms with Gasteiger partial charge in [-0.25, -0.2) is 4.79 Å². The summed E-state index contributed by atoms with van der Waals surface area (Å²) in [6.45, 7) is 9.40. The lowest BCUT2D eigenvalue weighted by molar-refractivity contribution is 0.00602. The molecule has 0 N–H and O–H groups in total. The predicted molar refractivity (Wildman–Crippen MR) is 98.5 cm³/mol. The third-order valence-electron chi connectivity index (χ3n) is 4.25. The smallest absolute Gasteiger partial charge is 0.410 e. The molecule has 1 saturated heterocycles. The lowest BCUT2D eigenvalue weighted by Gasteiger charge is -2.37. The Hall–Kier alpha value is -1.07. The first-order valence-electron chi connectivity index (χ1n) is 9.01. The first-order chi connectivity index (χ1) is 11.4. The van der Waals surface area contributed by atoms with Gasteiger partial charge in [-0.1, -0.05) is 6.07 Å². The largest absolute Gasteiger partial charge is 0.444 e. The number of ether oxygens (including phenoxy) is 2. The van der Waals surface area contributed by atoms with Crippen molar-refractivity contribution in [3.8, 4) is 0 Å². The van der Waals surface area contributed by atoms with Crippen molar-refractivity contribution < 1.29 is 14.3 Å². The molecule has 0 aliphatic carbocycles. The molecule has 1 amide bonds. The van der Waals surface area contributed by atoms with Gasteiger partial charge in [0.05, 0.1) is 6.10 Å². The summed E-state index contributed by atoms with van der Waals surface area (Å²) >= 11 is 1.73. The highest BCUT2D eigenvalue weighted by Gasteiger charge is 2.30. The first kappa shape index (κ1) is 19.3. The summed E-state index contributed by atoms with van der Waals surface area (Å²) in [5, 5.41) is 2.08. The second-order valence-electron chi connectivity index (χ2n) is 7.49. The van der Waals surface area contributed by atoms with Crippen LogP contribution in [0.4, 0.5) is 4.79 Å². The van der Waals surface area contributed by atoms with Gasteiger partial charge in [0.2, 0.25) is 0 Å². The zero-order valence-electron chi connectivity index (χ0n) is 15.4. The summed E-state index contributed by atoms with van der Waals surface area (Å²) in [7, 11) is 0. The molecule has 2 unspecified atom stereocenters. The van der Waals surface area contributed by atoms with Gasteiger partial charge in [0.15, 0.2) is 0 Å². The molecule has 1 aliphatic heterocycles. The quantitative estimate of drug-likeness (QED) is 0.643. The van der Waals surface area contributed by atoms with Crippen molar-refractivity contribution in [3.05, 3.63) is 22.4 Å². The minimum Gasteiger partial charge on any atom is -0.444 e. The minimum absolute atomic E-state index is 0.151. The number of piperidine rings is 1. The number of rotatable bonds is 6. The number of amides is 1. The summed E-state index contributed by atoms with van der Waals surface area (Å²) in [6, 6.07) is 4.45. The molecule has 0 spiro atoms. The molecule has 4 nitrogen and oxygen atoms in total. The van der Waals surface area contributed by atoms with Gasteiger partial charge in [-0.05, 0) is 71.2 Å². The fourth-order valence-corrected chi connectivity index (χ4v) is 3.78. The van der Waals surface area contributed by atoms with Crippen molar-refractivity contribution >= 4 is 17.4 Å². The summed E-state index contributed by atoms with van der Waals surface area (Å²) in [5.41, 5.74) is -0.432. The number of likely N-dealkylation sites (tertiary alicyclic amines) is 1. The van der Waals surface area contributed by atoms with E-state index in [1.165, 1.54) is 11.3 Å². The Morgan fingerprint density at radius 3 is 2.88 bits per heavy atom. The van der Waals surface area contributed by atoms with Crippen LogP contribution in [-0.2, 0) is 9.47 Å². The Morgan fingerprint density at radius 1 is 1.42 bits per heavy atom. The van der Waals surface area contributed by atoms with Crippen molar-refractivity contribution in [2.45, 2.75) is 77.5 Å². The molecule has 1 aliphatic rings. The number of hydrogen-bond acceptors (Lipinski definition) is 4. The van der Waals surface area contributed by atoms with Gasteiger partial charge >= 0.3 is 6.09 Å². The van der Waals surface area contributed by atoms with E-state index in [1.54, 1.807) is 11.3 Å². The Balaban J connectivity index is 1.75. The Labute approximate surface area is 150 Å². The molecule has 2 rings (SSSR count). The van der Waals surface area contributed by atoms with Gasteiger partial charge in [-0.15, -0.1) is 11.3 Å². The van der Waals surface area contributed by atoms with Crippen molar-refractivity contribution in [1.29, 1.82) is 0 Å². The van der Waals surface area contributed by atoms with E-state index >= 15 is 0 Å². The summed E-state index contributed by atoms with van der Waals surface area (Å²) < 4.78 is 11.5. The molecular weight excluding hydrogens is 322 g/mol. The highest BCUT2D eigenvalue weighted by Crippen LogP contribution is 2.25. The number of carbonyl (C=O) groups excluding carboxylic acids is 1. The molecule has 5 heteroatoms. The predicted octanol–water partition coefficient (Wildman–Crippen LogP) is 5.40. The zero-order chi connectivity index (χ0) is 17.6. The van der Waals surface area contributed by atoms with E-state index in [4.69, 9.17) is 9.47 Å². The van der Waals surface area contributed by atoms with Crippen LogP contribution in [0.3, 0.4) is 0 Å². The Bertz CT molecular complexity index is 495. The molecule has 136 valence electrons. The average molecular weight is 354 g/mol. The standard InChI is InChI=1S/C19H31NO3S/c1-15(17-11-8-14-24-17)22-13-7-10-16-9-5-6-12-20(16)18(21)23-19(2,3)4/h8,11,14-16H,5-7,9-10,12-13H2,1-4H3. The van der Waals surface area contributed by atoms with Crippen molar-refractivity contribution in [3.63, 3.8) is 0 Å². The van der Waals surface area contributed by atoms with Gasteiger partial charge in [-0.2, -0.15) is 0 Å². The van der Waals surface area contributed by atoms with Crippen LogP contribution in [0.15, 0.2) is 17.5 Å².